The molecule has 2 saturated heterocycles. The van der Waals surface area contributed by atoms with Crippen molar-refractivity contribution in [1.82, 2.24) is 25.0 Å². The number of rotatable bonds is 3. The molecule has 128 valence electrons. The number of piperidine rings is 1. The van der Waals surface area contributed by atoms with Crippen LogP contribution >= 0.6 is 0 Å². The Kier molecular flexibility index (Phi) is 4.54. The predicted molar refractivity (Wildman–Crippen MR) is 84.2 cm³/mol. The number of nitrogens with zero attached hydrogens (tertiary/aromatic N) is 3. The van der Waals surface area contributed by atoms with Crippen molar-refractivity contribution in [2.45, 2.75) is 38.1 Å². The Balaban J connectivity index is 1.69. The Morgan fingerprint density at radius 2 is 2.04 bits per heavy atom. The molecule has 0 radical (unpaired) electrons. The monoisotopic (exact) mass is 323 g/mol. The number of amides is 1. The van der Waals surface area contributed by atoms with Crippen LogP contribution in [0.5, 0.6) is 0 Å². The predicted octanol–water partition coefficient (Wildman–Crippen LogP) is -0.0852. The molecule has 1 atom stereocenters. The summed E-state index contributed by atoms with van der Waals surface area (Å²) in [6.45, 7) is 8.25. The van der Waals surface area contributed by atoms with Crippen molar-refractivity contribution in [1.29, 1.82) is 0 Å². The normalized spacial score (nSPS) is 23.9. The van der Waals surface area contributed by atoms with Crippen molar-refractivity contribution in [3.63, 3.8) is 0 Å². The van der Waals surface area contributed by atoms with Gasteiger partial charge in [-0.05, 0) is 26.7 Å². The van der Waals surface area contributed by atoms with Crippen LogP contribution in [0.2, 0.25) is 0 Å². The van der Waals surface area contributed by atoms with Gasteiger partial charge in [0, 0.05) is 32.1 Å². The molecule has 0 spiro atoms. The molecule has 1 aromatic rings. The number of aromatic nitrogens is 3. The largest absolute Gasteiger partial charge is 0.379 e. The van der Waals surface area contributed by atoms with Crippen molar-refractivity contribution in [2.75, 3.05) is 39.4 Å². The van der Waals surface area contributed by atoms with Gasteiger partial charge in [-0.1, -0.05) is 0 Å². The van der Waals surface area contributed by atoms with E-state index in [1.807, 2.05) is 18.7 Å². The maximum atomic E-state index is 13.0. The van der Waals surface area contributed by atoms with Gasteiger partial charge in [-0.15, -0.1) is 0 Å². The van der Waals surface area contributed by atoms with Crippen molar-refractivity contribution in [3.05, 3.63) is 16.3 Å². The number of carbonyl (C=O) groups is 1. The summed E-state index contributed by atoms with van der Waals surface area (Å²) in [7, 11) is 0. The highest BCUT2D eigenvalue weighted by atomic mass is 16.5. The van der Waals surface area contributed by atoms with Gasteiger partial charge >= 0.3 is 5.69 Å². The number of nitrogens with one attached hydrogen (secondary N) is 2. The molecule has 3 heterocycles. The molecule has 1 aromatic heterocycles. The van der Waals surface area contributed by atoms with Crippen LogP contribution in [0.3, 0.4) is 0 Å². The van der Waals surface area contributed by atoms with E-state index in [1.54, 1.807) is 0 Å². The highest BCUT2D eigenvalue weighted by Crippen LogP contribution is 2.27. The van der Waals surface area contributed by atoms with Crippen LogP contribution in [0.4, 0.5) is 0 Å². The third kappa shape index (κ3) is 3.32. The Labute approximate surface area is 135 Å². The van der Waals surface area contributed by atoms with Crippen LogP contribution < -0.4 is 5.69 Å². The average molecular weight is 323 g/mol. The Bertz CT molecular complexity index is 602. The van der Waals surface area contributed by atoms with E-state index in [4.69, 9.17) is 4.74 Å². The fourth-order valence-corrected chi connectivity index (χ4v) is 3.51. The minimum Gasteiger partial charge on any atom is -0.379 e. The Morgan fingerprint density at radius 1 is 1.30 bits per heavy atom. The SMILES string of the molecule is CC(C)(C(=O)N1CCCC(c2n[nH]c(=O)[nH]2)C1)N1CCOCC1. The van der Waals surface area contributed by atoms with Gasteiger partial charge in [0.1, 0.15) is 5.82 Å². The first-order valence-corrected chi connectivity index (χ1v) is 8.25. The smallest absolute Gasteiger partial charge is 0.340 e. The summed E-state index contributed by atoms with van der Waals surface area (Å²) in [4.78, 5) is 31.1. The molecule has 1 amide bonds. The molecule has 2 fully saturated rings. The van der Waals surface area contributed by atoms with Crippen LogP contribution in [0.15, 0.2) is 4.79 Å². The van der Waals surface area contributed by atoms with E-state index in [1.165, 1.54) is 0 Å². The number of carbonyl (C=O) groups excluding carboxylic acids is 1. The first-order valence-electron chi connectivity index (χ1n) is 8.25. The van der Waals surface area contributed by atoms with Crippen LogP contribution in [-0.4, -0.2) is 75.8 Å². The second kappa shape index (κ2) is 6.45. The number of hydrogen-bond acceptors (Lipinski definition) is 5. The van der Waals surface area contributed by atoms with E-state index in [9.17, 15) is 9.59 Å². The van der Waals surface area contributed by atoms with E-state index in [0.29, 0.717) is 25.6 Å². The van der Waals surface area contributed by atoms with Crippen LogP contribution in [-0.2, 0) is 9.53 Å². The van der Waals surface area contributed by atoms with Crippen molar-refractivity contribution < 1.29 is 9.53 Å². The van der Waals surface area contributed by atoms with Crippen LogP contribution in [0.1, 0.15) is 38.4 Å². The minimum atomic E-state index is -0.537. The number of H-pyrrole nitrogens is 2. The summed E-state index contributed by atoms with van der Waals surface area (Å²) in [6, 6.07) is 0. The third-order valence-electron chi connectivity index (χ3n) is 4.94. The molecule has 23 heavy (non-hydrogen) atoms. The zero-order valence-corrected chi connectivity index (χ0v) is 13.8. The first kappa shape index (κ1) is 16.2. The lowest BCUT2D eigenvalue weighted by atomic mass is 9.93. The molecule has 3 rings (SSSR count). The molecular formula is C15H25N5O3. The van der Waals surface area contributed by atoms with E-state index in [-0.39, 0.29) is 17.5 Å². The highest BCUT2D eigenvalue weighted by molar-refractivity contribution is 5.85. The van der Waals surface area contributed by atoms with E-state index >= 15 is 0 Å². The van der Waals surface area contributed by atoms with Gasteiger partial charge in [0.15, 0.2) is 0 Å². The lowest BCUT2D eigenvalue weighted by molar-refractivity contribution is -0.146. The lowest BCUT2D eigenvalue weighted by Crippen LogP contribution is -2.60. The quantitative estimate of drug-likeness (QED) is 0.811. The maximum Gasteiger partial charge on any atom is 0.340 e. The maximum absolute atomic E-state index is 13.0. The summed E-state index contributed by atoms with van der Waals surface area (Å²) in [5.41, 5.74) is -0.831. The summed E-state index contributed by atoms with van der Waals surface area (Å²) in [6.07, 6.45) is 1.85. The molecule has 0 bridgehead atoms. The third-order valence-corrected chi connectivity index (χ3v) is 4.94. The molecule has 2 aliphatic rings. The van der Waals surface area contributed by atoms with E-state index in [0.717, 1.165) is 32.5 Å². The number of likely N-dealkylation sites (tertiary alicyclic amines) is 1. The number of hydrogen-bond donors (Lipinski definition) is 2. The van der Waals surface area contributed by atoms with E-state index < -0.39 is 5.54 Å². The molecule has 0 aromatic carbocycles. The molecule has 0 saturated carbocycles. The van der Waals surface area contributed by atoms with Gasteiger partial charge in [-0.25, -0.2) is 9.89 Å². The molecule has 2 aliphatic heterocycles. The molecule has 2 N–H and O–H groups in total. The van der Waals surface area contributed by atoms with Gasteiger partial charge in [0.05, 0.1) is 18.8 Å². The highest BCUT2D eigenvalue weighted by Gasteiger charge is 2.40. The standard InChI is InChI=1S/C15H25N5O3/c1-15(2,20-6-8-23-9-7-20)13(21)19-5-3-4-11(10-19)12-16-14(22)18-17-12/h11H,3-10H2,1-2H3,(H2,16,17,18,22). The van der Waals surface area contributed by atoms with Crippen molar-refractivity contribution >= 4 is 5.91 Å². The zero-order chi connectivity index (χ0) is 16.4. The first-order chi connectivity index (χ1) is 11.0. The number of ether oxygens (including phenoxy) is 1. The van der Waals surface area contributed by atoms with Crippen molar-refractivity contribution in [2.24, 2.45) is 0 Å². The average Bonchev–Trinajstić information content (AvgIpc) is 3.01. The van der Waals surface area contributed by atoms with Gasteiger partial charge in [0.2, 0.25) is 5.91 Å². The molecule has 0 aliphatic carbocycles. The zero-order valence-electron chi connectivity index (χ0n) is 13.8. The summed E-state index contributed by atoms with van der Waals surface area (Å²) in [5, 5.41) is 6.43. The number of morpholine rings is 1. The second-order valence-electron chi connectivity index (χ2n) is 6.81. The molecule has 8 heteroatoms. The Morgan fingerprint density at radius 3 is 2.70 bits per heavy atom. The fourth-order valence-electron chi connectivity index (χ4n) is 3.51. The minimum absolute atomic E-state index is 0.0899. The fraction of sp³-hybridized carbons (Fsp3) is 0.800. The topological polar surface area (TPSA) is 94.3 Å². The molecule has 1 unspecified atom stereocenters. The van der Waals surface area contributed by atoms with Gasteiger partial charge in [0.25, 0.3) is 0 Å². The molecule has 8 nitrogen and oxygen atoms in total. The van der Waals surface area contributed by atoms with Gasteiger partial charge in [-0.2, -0.15) is 5.10 Å². The van der Waals surface area contributed by atoms with Gasteiger partial charge < -0.3 is 9.64 Å². The van der Waals surface area contributed by atoms with Crippen LogP contribution in [0.25, 0.3) is 0 Å². The summed E-state index contributed by atoms with van der Waals surface area (Å²) < 4.78 is 5.39. The lowest BCUT2D eigenvalue weighted by Gasteiger charge is -2.43. The van der Waals surface area contributed by atoms with Crippen LogP contribution in [0, 0.1) is 0 Å². The summed E-state index contributed by atoms with van der Waals surface area (Å²) >= 11 is 0. The molecular weight excluding hydrogens is 298 g/mol. The van der Waals surface area contributed by atoms with Gasteiger partial charge in [-0.3, -0.25) is 14.7 Å². The van der Waals surface area contributed by atoms with E-state index in [2.05, 4.69) is 20.1 Å². The van der Waals surface area contributed by atoms with Crippen molar-refractivity contribution in [3.8, 4) is 0 Å². The second-order valence-corrected chi connectivity index (χ2v) is 6.81. The number of aromatic amines is 2. The summed E-state index contributed by atoms with van der Waals surface area (Å²) in [5.74, 6) is 0.880. The Hall–Kier alpha value is -1.67.